The summed E-state index contributed by atoms with van der Waals surface area (Å²) in [6.07, 6.45) is -0.882. The lowest BCUT2D eigenvalue weighted by Crippen LogP contribution is -2.51. The normalized spacial score (nSPS) is 15.1. The predicted octanol–water partition coefficient (Wildman–Crippen LogP) is 2.49. The van der Waals surface area contributed by atoms with Gasteiger partial charge in [0.25, 0.3) is 5.91 Å². The van der Waals surface area contributed by atoms with Gasteiger partial charge in [-0.3, -0.25) is 4.79 Å². The molecule has 0 aliphatic carbocycles. The topological polar surface area (TPSA) is 59.1 Å². The summed E-state index contributed by atoms with van der Waals surface area (Å²) >= 11 is 0. The van der Waals surface area contributed by atoms with Gasteiger partial charge in [-0.15, -0.1) is 0 Å². The zero-order chi connectivity index (χ0) is 19.9. The number of anilines is 1. The van der Waals surface area contributed by atoms with Gasteiger partial charge in [-0.1, -0.05) is 18.2 Å². The highest BCUT2D eigenvalue weighted by Crippen LogP contribution is 2.16. The number of nitrogens with zero attached hydrogens (tertiary/aromatic N) is 2. The van der Waals surface area contributed by atoms with Crippen LogP contribution in [0.2, 0.25) is 0 Å². The standard InChI is InChI=1S/C21H23FN2O4/c1-16(28-20(25)15-27-19-9-7-17(22)8-10-19)21(26)24-13-11-23(12-14-24)18-5-3-2-4-6-18/h2-10,16H,11-15H2,1H3/t16-/m1/s1. The quantitative estimate of drug-likeness (QED) is 0.714. The van der Waals surface area contributed by atoms with Gasteiger partial charge >= 0.3 is 5.97 Å². The molecule has 0 radical (unpaired) electrons. The van der Waals surface area contributed by atoms with Gasteiger partial charge in [-0.2, -0.15) is 0 Å². The van der Waals surface area contributed by atoms with Crippen molar-refractivity contribution in [3.8, 4) is 5.75 Å². The van der Waals surface area contributed by atoms with Gasteiger partial charge in [0.1, 0.15) is 11.6 Å². The Bertz CT molecular complexity index is 790. The lowest BCUT2D eigenvalue weighted by Gasteiger charge is -2.37. The van der Waals surface area contributed by atoms with Crippen LogP contribution in [0.5, 0.6) is 5.75 Å². The minimum Gasteiger partial charge on any atom is -0.482 e. The van der Waals surface area contributed by atoms with E-state index in [9.17, 15) is 14.0 Å². The van der Waals surface area contributed by atoms with E-state index in [1.54, 1.807) is 11.8 Å². The number of esters is 1. The minimum absolute atomic E-state index is 0.220. The van der Waals surface area contributed by atoms with E-state index in [1.165, 1.54) is 24.3 Å². The second kappa shape index (κ2) is 9.21. The SMILES string of the molecule is C[C@@H](OC(=O)COc1ccc(F)cc1)C(=O)N1CCN(c2ccccc2)CC1. The first kappa shape index (κ1) is 19.7. The lowest BCUT2D eigenvalue weighted by atomic mass is 10.2. The van der Waals surface area contributed by atoms with Crippen molar-refractivity contribution >= 4 is 17.6 Å². The molecule has 0 aromatic heterocycles. The maximum atomic E-state index is 12.9. The minimum atomic E-state index is -0.882. The molecule has 0 spiro atoms. The lowest BCUT2D eigenvalue weighted by molar-refractivity contribution is -0.160. The summed E-state index contributed by atoms with van der Waals surface area (Å²) < 4.78 is 23.3. The number of para-hydroxylation sites is 1. The van der Waals surface area contributed by atoms with Gasteiger partial charge in [0.2, 0.25) is 0 Å². The van der Waals surface area contributed by atoms with Crippen LogP contribution in [0.4, 0.5) is 10.1 Å². The van der Waals surface area contributed by atoms with Crippen LogP contribution < -0.4 is 9.64 Å². The molecular formula is C21H23FN2O4. The molecule has 1 fully saturated rings. The molecule has 148 valence electrons. The van der Waals surface area contributed by atoms with Gasteiger partial charge in [-0.25, -0.2) is 9.18 Å². The molecule has 6 nitrogen and oxygen atoms in total. The van der Waals surface area contributed by atoms with Gasteiger partial charge < -0.3 is 19.3 Å². The largest absolute Gasteiger partial charge is 0.482 e. The van der Waals surface area contributed by atoms with Crippen molar-refractivity contribution in [2.24, 2.45) is 0 Å². The van der Waals surface area contributed by atoms with Gasteiger partial charge in [-0.05, 0) is 43.3 Å². The summed E-state index contributed by atoms with van der Waals surface area (Å²) in [5.41, 5.74) is 1.13. The number of rotatable bonds is 6. The summed E-state index contributed by atoms with van der Waals surface area (Å²) in [5, 5.41) is 0. The van der Waals surface area contributed by atoms with Crippen molar-refractivity contribution in [2.75, 3.05) is 37.7 Å². The Balaban J connectivity index is 1.43. The number of benzene rings is 2. The highest BCUT2D eigenvalue weighted by molar-refractivity contribution is 5.84. The third-order valence-corrected chi connectivity index (χ3v) is 4.54. The first-order valence-corrected chi connectivity index (χ1v) is 9.19. The smallest absolute Gasteiger partial charge is 0.344 e. The highest BCUT2D eigenvalue weighted by Gasteiger charge is 2.27. The van der Waals surface area contributed by atoms with Crippen LogP contribution in [0.25, 0.3) is 0 Å². The van der Waals surface area contributed by atoms with Crippen LogP contribution in [0, 0.1) is 5.82 Å². The molecule has 1 saturated heterocycles. The summed E-state index contributed by atoms with van der Waals surface area (Å²) in [7, 11) is 0. The average Bonchev–Trinajstić information content (AvgIpc) is 2.73. The highest BCUT2D eigenvalue weighted by atomic mass is 19.1. The van der Waals surface area contributed by atoms with Gasteiger partial charge in [0.05, 0.1) is 0 Å². The Hall–Kier alpha value is -3.09. The van der Waals surface area contributed by atoms with Gasteiger partial charge in [0, 0.05) is 31.9 Å². The van der Waals surface area contributed by atoms with Crippen LogP contribution in [-0.4, -0.2) is 55.7 Å². The second-order valence-corrected chi connectivity index (χ2v) is 6.52. The first-order valence-electron chi connectivity index (χ1n) is 9.19. The number of halogens is 1. The Morgan fingerprint density at radius 2 is 1.64 bits per heavy atom. The molecule has 2 aromatic carbocycles. The summed E-state index contributed by atoms with van der Waals surface area (Å²) in [6.45, 7) is 3.81. The number of ether oxygens (including phenoxy) is 2. The number of piperazine rings is 1. The fraction of sp³-hybridized carbons (Fsp3) is 0.333. The van der Waals surface area contributed by atoms with Crippen molar-refractivity contribution in [3.05, 3.63) is 60.4 Å². The molecular weight excluding hydrogens is 363 g/mol. The van der Waals surface area contributed by atoms with E-state index < -0.39 is 12.1 Å². The summed E-state index contributed by atoms with van der Waals surface area (Å²) in [5.74, 6) is -0.896. The van der Waals surface area contributed by atoms with E-state index in [-0.39, 0.29) is 18.3 Å². The Morgan fingerprint density at radius 1 is 1.00 bits per heavy atom. The third kappa shape index (κ3) is 5.22. The average molecular weight is 386 g/mol. The number of carbonyl (C=O) groups excluding carboxylic acids is 2. The van der Waals surface area contributed by atoms with Crippen LogP contribution in [0.3, 0.4) is 0 Å². The molecule has 2 aromatic rings. The number of hydrogen-bond donors (Lipinski definition) is 0. The van der Waals surface area contributed by atoms with Crippen molar-refractivity contribution < 1.29 is 23.5 Å². The molecule has 1 atom stereocenters. The molecule has 7 heteroatoms. The number of carbonyl (C=O) groups is 2. The predicted molar refractivity (Wildman–Crippen MR) is 103 cm³/mol. The zero-order valence-corrected chi connectivity index (χ0v) is 15.7. The summed E-state index contributed by atoms with van der Waals surface area (Å²) in [4.78, 5) is 28.4. The van der Waals surface area contributed by atoms with Crippen LogP contribution in [-0.2, 0) is 14.3 Å². The number of amides is 1. The molecule has 0 unspecified atom stereocenters. The number of hydrogen-bond acceptors (Lipinski definition) is 5. The maximum absolute atomic E-state index is 12.9. The molecule has 0 N–H and O–H groups in total. The molecule has 28 heavy (non-hydrogen) atoms. The molecule has 1 amide bonds. The molecule has 3 rings (SSSR count). The molecule has 1 heterocycles. The van der Waals surface area contributed by atoms with Crippen molar-refractivity contribution in [3.63, 3.8) is 0 Å². The third-order valence-electron chi connectivity index (χ3n) is 4.54. The monoisotopic (exact) mass is 386 g/mol. The van der Waals surface area contributed by atoms with Gasteiger partial charge in [0.15, 0.2) is 12.7 Å². The Morgan fingerprint density at radius 3 is 2.29 bits per heavy atom. The van der Waals surface area contributed by atoms with Crippen LogP contribution in [0.1, 0.15) is 6.92 Å². The van der Waals surface area contributed by atoms with Crippen LogP contribution in [0.15, 0.2) is 54.6 Å². The van der Waals surface area contributed by atoms with E-state index in [0.29, 0.717) is 18.8 Å². The zero-order valence-electron chi connectivity index (χ0n) is 15.7. The summed E-state index contributed by atoms with van der Waals surface area (Å²) in [6, 6.07) is 15.4. The van der Waals surface area contributed by atoms with Crippen LogP contribution >= 0.6 is 0 Å². The molecule has 0 bridgehead atoms. The molecule has 0 saturated carbocycles. The van der Waals surface area contributed by atoms with Crippen molar-refractivity contribution in [1.29, 1.82) is 0 Å². The fourth-order valence-corrected chi connectivity index (χ4v) is 3.04. The van der Waals surface area contributed by atoms with E-state index in [0.717, 1.165) is 18.8 Å². The van der Waals surface area contributed by atoms with E-state index in [4.69, 9.17) is 9.47 Å². The maximum Gasteiger partial charge on any atom is 0.344 e. The van der Waals surface area contributed by atoms with E-state index in [1.807, 2.05) is 30.3 Å². The fourth-order valence-electron chi connectivity index (χ4n) is 3.04. The molecule has 1 aliphatic heterocycles. The first-order chi connectivity index (χ1) is 13.5. The van der Waals surface area contributed by atoms with Crippen molar-refractivity contribution in [1.82, 2.24) is 4.90 Å². The Labute approximate surface area is 163 Å². The van der Waals surface area contributed by atoms with Crippen molar-refractivity contribution in [2.45, 2.75) is 13.0 Å². The Kier molecular flexibility index (Phi) is 6.47. The molecule has 1 aliphatic rings. The second-order valence-electron chi connectivity index (χ2n) is 6.52. The van der Waals surface area contributed by atoms with E-state index in [2.05, 4.69) is 4.90 Å². The van der Waals surface area contributed by atoms with E-state index >= 15 is 0 Å².